The Morgan fingerprint density at radius 2 is 1.81 bits per heavy atom. The lowest BCUT2D eigenvalue weighted by Crippen LogP contribution is -2.32. The molecule has 0 bridgehead atoms. The minimum absolute atomic E-state index is 0.130. The molecule has 21 heavy (non-hydrogen) atoms. The van der Waals surface area contributed by atoms with Crippen molar-refractivity contribution in [3.8, 4) is 0 Å². The molecule has 2 aromatic carbocycles. The predicted molar refractivity (Wildman–Crippen MR) is 84.7 cm³/mol. The van der Waals surface area contributed by atoms with Crippen molar-refractivity contribution >= 4 is 0 Å². The second kappa shape index (κ2) is 5.61. The summed E-state index contributed by atoms with van der Waals surface area (Å²) in [4.78, 5) is 0. The van der Waals surface area contributed by atoms with Crippen molar-refractivity contribution < 1.29 is 4.39 Å². The Bertz CT molecular complexity index is 633. The van der Waals surface area contributed by atoms with E-state index < -0.39 is 0 Å². The number of halogens is 1. The Balaban J connectivity index is 1.80. The van der Waals surface area contributed by atoms with Gasteiger partial charge in [-0.25, -0.2) is 4.39 Å². The zero-order valence-electron chi connectivity index (χ0n) is 12.7. The molecule has 3 rings (SSSR count). The molecule has 1 aliphatic carbocycles. The molecule has 0 radical (unpaired) electrons. The molecule has 0 aliphatic heterocycles. The maximum Gasteiger partial charge on any atom is 0.127 e. The smallest absolute Gasteiger partial charge is 0.127 e. The molecule has 0 aromatic heterocycles. The summed E-state index contributed by atoms with van der Waals surface area (Å²) in [5.74, 6) is -0.130. The van der Waals surface area contributed by atoms with E-state index in [1.165, 1.54) is 17.2 Å². The molecule has 0 saturated heterocycles. The van der Waals surface area contributed by atoms with Crippen molar-refractivity contribution in [1.29, 1.82) is 0 Å². The van der Waals surface area contributed by atoms with Gasteiger partial charge in [0.1, 0.15) is 5.82 Å². The van der Waals surface area contributed by atoms with E-state index in [0.717, 1.165) is 18.4 Å². The number of benzene rings is 2. The van der Waals surface area contributed by atoms with Crippen molar-refractivity contribution in [2.45, 2.75) is 44.7 Å². The lowest BCUT2D eigenvalue weighted by atomic mass is 9.71. The molecule has 0 saturated carbocycles. The third kappa shape index (κ3) is 2.86. The lowest BCUT2D eigenvalue weighted by molar-refractivity contribution is 0.356. The second-order valence-corrected chi connectivity index (χ2v) is 6.53. The molecule has 0 amide bonds. The Kier molecular flexibility index (Phi) is 3.81. The molecule has 2 aromatic rings. The highest BCUT2D eigenvalue weighted by molar-refractivity contribution is 5.38. The van der Waals surface area contributed by atoms with Gasteiger partial charge in [-0.15, -0.1) is 0 Å². The molecular weight excluding hydrogens is 261 g/mol. The van der Waals surface area contributed by atoms with Crippen molar-refractivity contribution in [2.24, 2.45) is 0 Å². The average molecular weight is 283 g/mol. The van der Waals surface area contributed by atoms with Crippen LogP contribution >= 0.6 is 0 Å². The normalized spacial score (nSPS) is 20.0. The number of hydrogen-bond acceptors (Lipinski definition) is 1. The standard InChI is InChI=1S/C19H22FN/c1-19(2)12-11-18(15-8-4-5-9-16(15)19)21-13-14-7-3-6-10-17(14)20/h3-10,18,21H,11-13H2,1-2H3. The number of hydrogen-bond donors (Lipinski definition) is 1. The fourth-order valence-corrected chi connectivity index (χ4v) is 3.30. The van der Waals surface area contributed by atoms with E-state index >= 15 is 0 Å². The minimum atomic E-state index is -0.130. The van der Waals surface area contributed by atoms with Gasteiger partial charge in [-0.2, -0.15) is 0 Å². The number of fused-ring (bicyclic) bond motifs is 1. The van der Waals surface area contributed by atoms with Crippen LogP contribution in [0.15, 0.2) is 48.5 Å². The van der Waals surface area contributed by atoms with E-state index in [9.17, 15) is 4.39 Å². The Morgan fingerprint density at radius 1 is 1.10 bits per heavy atom. The topological polar surface area (TPSA) is 12.0 Å². The minimum Gasteiger partial charge on any atom is -0.306 e. The second-order valence-electron chi connectivity index (χ2n) is 6.53. The average Bonchev–Trinajstić information content (AvgIpc) is 2.48. The van der Waals surface area contributed by atoms with E-state index in [-0.39, 0.29) is 11.2 Å². The van der Waals surface area contributed by atoms with Crippen molar-refractivity contribution in [1.82, 2.24) is 5.32 Å². The van der Waals surface area contributed by atoms with Crippen LogP contribution in [0.4, 0.5) is 4.39 Å². The van der Waals surface area contributed by atoms with Crippen molar-refractivity contribution in [2.75, 3.05) is 0 Å². The first-order valence-corrected chi connectivity index (χ1v) is 7.64. The van der Waals surface area contributed by atoms with Gasteiger partial charge in [0, 0.05) is 18.2 Å². The van der Waals surface area contributed by atoms with Gasteiger partial charge in [-0.3, -0.25) is 0 Å². The van der Waals surface area contributed by atoms with Gasteiger partial charge in [-0.1, -0.05) is 56.3 Å². The highest BCUT2D eigenvalue weighted by Crippen LogP contribution is 2.41. The highest BCUT2D eigenvalue weighted by Gasteiger charge is 2.31. The first kappa shape index (κ1) is 14.3. The molecule has 1 atom stereocenters. The Morgan fingerprint density at radius 3 is 2.62 bits per heavy atom. The molecule has 110 valence electrons. The summed E-state index contributed by atoms with van der Waals surface area (Å²) in [6.45, 7) is 5.18. The van der Waals surface area contributed by atoms with Crippen molar-refractivity contribution in [3.63, 3.8) is 0 Å². The third-order valence-electron chi connectivity index (χ3n) is 4.62. The summed E-state index contributed by atoms with van der Waals surface area (Å²) in [5.41, 5.74) is 3.75. The van der Waals surface area contributed by atoms with Crippen LogP contribution in [-0.2, 0) is 12.0 Å². The van der Waals surface area contributed by atoms with Crippen LogP contribution in [-0.4, -0.2) is 0 Å². The molecule has 1 aliphatic rings. The molecule has 2 heteroatoms. The van der Waals surface area contributed by atoms with Crippen LogP contribution in [0, 0.1) is 5.82 Å². The van der Waals surface area contributed by atoms with Crippen LogP contribution < -0.4 is 5.32 Å². The van der Waals surface area contributed by atoms with Gasteiger partial charge >= 0.3 is 0 Å². The molecular formula is C19H22FN. The molecule has 1 nitrogen and oxygen atoms in total. The Labute approximate surface area is 126 Å². The fraction of sp³-hybridized carbons (Fsp3) is 0.368. The zero-order valence-corrected chi connectivity index (χ0v) is 12.7. The molecule has 0 spiro atoms. The summed E-state index contributed by atoms with van der Waals surface area (Å²) in [5, 5.41) is 3.53. The molecule has 0 heterocycles. The summed E-state index contributed by atoms with van der Waals surface area (Å²) < 4.78 is 13.7. The van der Waals surface area contributed by atoms with E-state index in [4.69, 9.17) is 0 Å². The highest BCUT2D eigenvalue weighted by atomic mass is 19.1. The van der Waals surface area contributed by atoms with E-state index in [1.807, 2.05) is 12.1 Å². The molecule has 1 N–H and O–H groups in total. The maximum absolute atomic E-state index is 13.7. The van der Waals surface area contributed by atoms with Gasteiger partial charge in [-0.05, 0) is 35.4 Å². The first-order valence-electron chi connectivity index (χ1n) is 7.64. The van der Waals surface area contributed by atoms with Crippen LogP contribution in [0.25, 0.3) is 0 Å². The SMILES string of the molecule is CC1(C)CCC(NCc2ccccc2F)c2ccccc21. The summed E-state index contributed by atoms with van der Waals surface area (Å²) in [7, 11) is 0. The summed E-state index contributed by atoms with van der Waals surface area (Å²) in [6, 6.07) is 15.9. The number of rotatable bonds is 3. The van der Waals surface area contributed by atoms with Crippen LogP contribution in [0.1, 0.15) is 49.4 Å². The van der Waals surface area contributed by atoms with Gasteiger partial charge in [0.2, 0.25) is 0 Å². The van der Waals surface area contributed by atoms with Gasteiger partial charge in [0.25, 0.3) is 0 Å². The first-order chi connectivity index (χ1) is 10.1. The largest absolute Gasteiger partial charge is 0.306 e. The molecule has 0 fully saturated rings. The van der Waals surface area contributed by atoms with E-state index in [0.29, 0.717) is 12.6 Å². The zero-order chi connectivity index (χ0) is 14.9. The van der Waals surface area contributed by atoms with E-state index in [1.54, 1.807) is 6.07 Å². The monoisotopic (exact) mass is 283 g/mol. The Hall–Kier alpha value is -1.67. The van der Waals surface area contributed by atoms with Gasteiger partial charge < -0.3 is 5.32 Å². The lowest BCUT2D eigenvalue weighted by Gasteiger charge is -2.37. The summed E-state index contributed by atoms with van der Waals surface area (Å²) >= 11 is 0. The molecule has 1 unspecified atom stereocenters. The fourth-order valence-electron chi connectivity index (χ4n) is 3.30. The number of nitrogens with one attached hydrogen (secondary N) is 1. The van der Waals surface area contributed by atoms with Crippen LogP contribution in [0.3, 0.4) is 0 Å². The summed E-state index contributed by atoms with van der Waals surface area (Å²) in [6.07, 6.45) is 2.25. The predicted octanol–water partition coefficient (Wildman–Crippen LogP) is 4.73. The quantitative estimate of drug-likeness (QED) is 0.859. The maximum atomic E-state index is 13.7. The van der Waals surface area contributed by atoms with E-state index in [2.05, 4.69) is 43.4 Å². The third-order valence-corrected chi connectivity index (χ3v) is 4.62. The van der Waals surface area contributed by atoms with Gasteiger partial charge in [0.05, 0.1) is 0 Å². The van der Waals surface area contributed by atoms with Crippen LogP contribution in [0.5, 0.6) is 0 Å². The van der Waals surface area contributed by atoms with Crippen molar-refractivity contribution in [3.05, 3.63) is 71.0 Å². The van der Waals surface area contributed by atoms with Crippen LogP contribution in [0.2, 0.25) is 0 Å². The van der Waals surface area contributed by atoms with Gasteiger partial charge in [0.15, 0.2) is 0 Å².